The van der Waals surface area contributed by atoms with Crippen LogP contribution in [0.5, 0.6) is 0 Å². The number of carbonyl (C=O) groups is 1. The molecule has 3 rings (SSSR count). The van der Waals surface area contributed by atoms with E-state index in [1.165, 1.54) is 6.07 Å². The summed E-state index contributed by atoms with van der Waals surface area (Å²) in [6.45, 7) is 1.03. The van der Waals surface area contributed by atoms with E-state index in [2.05, 4.69) is 15.6 Å². The van der Waals surface area contributed by atoms with Crippen molar-refractivity contribution in [3.05, 3.63) is 65.0 Å². The third-order valence-corrected chi connectivity index (χ3v) is 4.49. The first kappa shape index (κ1) is 25.1. The van der Waals surface area contributed by atoms with Crippen molar-refractivity contribution < 1.29 is 26.7 Å². The van der Waals surface area contributed by atoms with E-state index in [0.717, 1.165) is 30.5 Å². The third kappa shape index (κ3) is 6.01. The molecule has 0 aliphatic carbocycles. The molecule has 160 valence electrons. The number of hydrogen-bond donors (Lipinski definition) is 2. The number of amides is 1. The third-order valence-electron chi connectivity index (χ3n) is 4.49. The van der Waals surface area contributed by atoms with Crippen LogP contribution < -0.4 is 10.6 Å². The highest BCUT2D eigenvalue weighted by atomic mass is 35.5. The maximum atomic E-state index is 13.5. The standard InChI is InChI=1S/C18H16F5N3O.2ClH/c19-13-3-1-10(7-14(13)20)12-5-6-24-9-15(12)26-17(27)11-2-4-16(25-8-11)18(21,22)23;;/h1-4,7-8,12,15,24H,5-6,9H2,(H,26,27);2*1H. The molecule has 1 aliphatic rings. The number of nitrogens with zero attached hydrogens (tertiary/aromatic N) is 1. The molecule has 1 aliphatic heterocycles. The highest BCUT2D eigenvalue weighted by molar-refractivity contribution is 5.94. The Morgan fingerprint density at radius 1 is 1.10 bits per heavy atom. The summed E-state index contributed by atoms with van der Waals surface area (Å²) >= 11 is 0. The van der Waals surface area contributed by atoms with Crippen LogP contribution in [0, 0.1) is 11.6 Å². The van der Waals surface area contributed by atoms with Crippen molar-refractivity contribution in [3.8, 4) is 0 Å². The largest absolute Gasteiger partial charge is 0.433 e. The summed E-state index contributed by atoms with van der Waals surface area (Å²) in [5.74, 6) is -2.77. The first-order valence-electron chi connectivity index (χ1n) is 8.25. The number of rotatable bonds is 3. The van der Waals surface area contributed by atoms with Gasteiger partial charge in [0.1, 0.15) is 5.69 Å². The lowest BCUT2D eigenvalue weighted by Crippen LogP contribution is -2.50. The van der Waals surface area contributed by atoms with Crippen molar-refractivity contribution >= 4 is 30.7 Å². The van der Waals surface area contributed by atoms with Crippen LogP contribution in [0.2, 0.25) is 0 Å². The molecule has 2 atom stereocenters. The molecule has 0 bridgehead atoms. The van der Waals surface area contributed by atoms with E-state index in [1.54, 1.807) is 0 Å². The molecule has 0 radical (unpaired) electrons. The molecule has 1 fully saturated rings. The lowest BCUT2D eigenvalue weighted by atomic mass is 9.86. The Hall–Kier alpha value is -1.97. The maximum absolute atomic E-state index is 13.5. The van der Waals surface area contributed by atoms with Gasteiger partial charge >= 0.3 is 6.18 Å². The van der Waals surface area contributed by atoms with Crippen molar-refractivity contribution in [2.24, 2.45) is 0 Å². The molecule has 0 spiro atoms. The van der Waals surface area contributed by atoms with Crippen molar-refractivity contribution in [2.45, 2.75) is 24.6 Å². The Morgan fingerprint density at radius 2 is 1.83 bits per heavy atom. The van der Waals surface area contributed by atoms with Gasteiger partial charge in [0.05, 0.1) is 5.56 Å². The van der Waals surface area contributed by atoms with Crippen LogP contribution >= 0.6 is 24.8 Å². The minimum atomic E-state index is -4.58. The van der Waals surface area contributed by atoms with Gasteiger partial charge in [-0.1, -0.05) is 6.07 Å². The monoisotopic (exact) mass is 457 g/mol. The van der Waals surface area contributed by atoms with Crippen molar-refractivity contribution in [2.75, 3.05) is 13.1 Å². The summed E-state index contributed by atoms with van der Waals surface area (Å²) in [4.78, 5) is 15.6. The number of carbonyl (C=O) groups excluding carboxylic acids is 1. The van der Waals surface area contributed by atoms with E-state index < -0.39 is 35.5 Å². The second-order valence-electron chi connectivity index (χ2n) is 6.28. The van der Waals surface area contributed by atoms with Gasteiger partial charge in [0, 0.05) is 24.7 Å². The summed E-state index contributed by atoms with van der Waals surface area (Å²) in [6, 6.07) is 4.95. The van der Waals surface area contributed by atoms with E-state index in [9.17, 15) is 26.7 Å². The minimum Gasteiger partial charge on any atom is -0.347 e. The molecule has 2 N–H and O–H groups in total. The predicted octanol–water partition coefficient (Wildman–Crippen LogP) is 4.10. The predicted molar refractivity (Wildman–Crippen MR) is 102 cm³/mol. The van der Waals surface area contributed by atoms with E-state index in [-0.39, 0.29) is 36.3 Å². The Kier molecular flexibility index (Phi) is 8.80. The molecular formula is C18H18Cl2F5N3O. The topological polar surface area (TPSA) is 54.0 Å². The van der Waals surface area contributed by atoms with Crippen LogP contribution in [0.3, 0.4) is 0 Å². The Morgan fingerprint density at radius 3 is 2.41 bits per heavy atom. The Bertz CT molecular complexity index is 833. The second kappa shape index (κ2) is 10.2. The van der Waals surface area contributed by atoms with Gasteiger partial charge in [-0.05, 0) is 42.8 Å². The highest BCUT2D eigenvalue weighted by Crippen LogP contribution is 2.28. The number of benzene rings is 1. The second-order valence-corrected chi connectivity index (χ2v) is 6.28. The number of piperidine rings is 1. The number of halogens is 7. The van der Waals surface area contributed by atoms with E-state index in [1.807, 2.05) is 0 Å². The Balaban J connectivity index is 0.00000210. The summed E-state index contributed by atoms with van der Waals surface area (Å²) in [7, 11) is 0. The number of nitrogens with one attached hydrogen (secondary N) is 2. The maximum Gasteiger partial charge on any atom is 0.433 e. The molecular weight excluding hydrogens is 440 g/mol. The van der Waals surface area contributed by atoms with Crippen molar-refractivity contribution in [3.63, 3.8) is 0 Å². The summed E-state index contributed by atoms with van der Waals surface area (Å²) < 4.78 is 64.4. The van der Waals surface area contributed by atoms with Crippen molar-refractivity contribution in [1.82, 2.24) is 15.6 Å². The van der Waals surface area contributed by atoms with E-state index in [4.69, 9.17) is 0 Å². The van der Waals surface area contributed by atoms with E-state index >= 15 is 0 Å². The fourth-order valence-corrected chi connectivity index (χ4v) is 3.10. The molecule has 0 saturated carbocycles. The average molecular weight is 458 g/mol. The van der Waals surface area contributed by atoms with Crippen LogP contribution in [-0.4, -0.2) is 30.0 Å². The van der Waals surface area contributed by atoms with Gasteiger partial charge in [-0.2, -0.15) is 13.2 Å². The van der Waals surface area contributed by atoms with Crippen molar-refractivity contribution in [1.29, 1.82) is 0 Å². The first-order chi connectivity index (χ1) is 12.8. The fraction of sp³-hybridized carbons (Fsp3) is 0.333. The molecule has 1 amide bonds. The minimum absolute atomic E-state index is 0. The average Bonchev–Trinajstić information content (AvgIpc) is 2.64. The van der Waals surface area contributed by atoms with Gasteiger partial charge < -0.3 is 10.6 Å². The normalized spacial score (nSPS) is 18.9. The number of aromatic nitrogens is 1. The number of hydrogen-bond acceptors (Lipinski definition) is 3. The summed E-state index contributed by atoms with van der Waals surface area (Å²) in [5, 5.41) is 5.84. The molecule has 1 aromatic heterocycles. The Labute approximate surface area is 176 Å². The summed E-state index contributed by atoms with van der Waals surface area (Å²) in [5.41, 5.74) is -0.554. The molecule has 4 nitrogen and oxygen atoms in total. The molecule has 2 aromatic rings. The molecule has 1 saturated heterocycles. The molecule has 11 heteroatoms. The van der Waals surface area contributed by atoms with Crippen LogP contribution in [0.4, 0.5) is 22.0 Å². The van der Waals surface area contributed by atoms with Gasteiger partial charge in [0.2, 0.25) is 0 Å². The van der Waals surface area contributed by atoms with Gasteiger partial charge in [0.15, 0.2) is 11.6 Å². The zero-order chi connectivity index (χ0) is 19.6. The molecule has 1 aromatic carbocycles. The lowest BCUT2D eigenvalue weighted by molar-refractivity contribution is -0.141. The first-order valence-corrected chi connectivity index (χ1v) is 8.25. The number of alkyl halides is 3. The van der Waals surface area contributed by atoms with Crippen LogP contribution in [-0.2, 0) is 6.18 Å². The van der Waals surface area contributed by atoms with Crippen LogP contribution in [0.25, 0.3) is 0 Å². The van der Waals surface area contributed by atoms with Gasteiger partial charge in [-0.3, -0.25) is 9.78 Å². The van der Waals surface area contributed by atoms with Gasteiger partial charge in [-0.15, -0.1) is 24.8 Å². The SMILES string of the molecule is Cl.Cl.O=C(NC1CNCCC1c1ccc(F)c(F)c1)c1ccc(C(F)(F)F)nc1. The smallest absolute Gasteiger partial charge is 0.347 e. The number of pyridine rings is 1. The van der Waals surface area contributed by atoms with Gasteiger partial charge in [-0.25, -0.2) is 8.78 Å². The van der Waals surface area contributed by atoms with E-state index in [0.29, 0.717) is 25.1 Å². The lowest BCUT2D eigenvalue weighted by Gasteiger charge is -2.33. The molecule has 2 unspecified atom stereocenters. The molecule has 29 heavy (non-hydrogen) atoms. The highest BCUT2D eigenvalue weighted by Gasteiger charge is 2.33. The fourth-order valence-electron chi connectivity index (χ4n) is 3.10. The zero-order valence-corrected chi connectivity index (χ0v) is 16.4. The molecule has 2 heterocycles. The van der Waals surface area contributed by atoms with Crippen LogP contribution in [0.15, 0.2) is 36.5 Å². The quantitative estimate of drug-likeness (QED) is 0.682. The zero-order valence-electron chi connectivity index (χ0n) is 14.8. The summed E-state index contributed by atoms with van der Waals surface area (Å²) in [6.07, 6.45) is -3.14. The van der Waals surface area contributed by atoms with Crippen LogP contribution in [0.1, 0.15) is 34.0 Å². The van der Waals surface area contributed by atoms with Gasteiger partial charge in [0.25, 0.3) is 5.91 Å².